The molecule has 2 aromatic rings. The second-order valence-electron chi connectivity index (χ2n) is 7.25. The molecule has 0 unspecified atom stereocenters. The van der Waals surface area contributed by atoms with E-state index >= 15 is 0 Å². The highest BCUT2D eigenvalue weighted by Gasteiger charge is 2.30. The number of likely N-dealkylation sites (tertiary alicyclic amines) is 1. The van der Waals surface area contributed by atoms with Crippen molar-refractivity contribution in [2.45, 2.75) is 32.8 Å². The van der Waals surface area contributed by atoms with Crippen molar-refractivity contribution in [3.63, 3.8) is 0 Å². The zero-order valence-corrected chi connectivity index (χ0v) is 14.5. The summed E-state index contributed by atoms with van der Waals surface area (Å²) < 4.78 is 11.3. The molecule has 3 rings (SSSR count). The summed E-state index contributed by atoms with van der Waals surface area (Å²) in [5.41, 5.74) is 0.506. The number of rotatable bonds is 3. The van der Waals surface area contributed by atoms with Crippen LogP contribution < -0.4 is 4.74 Å². The predicted molar refractivity (Wildman–Crippen MR) is 93.2 cm³/mol. The largest absolute Gasteiger partial charge is 0.493 e. The summed E-state index contributed by atoms with van der Waals surface area (Å²) in [6, 6.07) is 9.85. The molecule has 2 heterocycles. The average Bonchev–Trinajstić information content (AvgIpc) is 3.00. The maximum absolute atomic E-state index is 12.1. The number of pyridine rings is 1. The Balaban J connectivity index is 1.53. The van der Waals surface area contributed by atoms with Gasteiger partial charge in [0.25, 0.3) is 0 Å². The first-order chi connectivity index (χ1) is 11.4. The van der Waals surface area contributed by atoms with Crippen molar-refractivity contribution >= 4 is 17.0 Å². The van der Waals surface area contributed by atoms with Crippen LogP contribution in [0.25, 0.3) is 10.9 Å². The maximum Gasteiger partial charge on any atom is 0.410 e. The van der Waals surface area contributed by atoms with E-state index in [2.05, 4.69) is 4.98 Å². The lowest BCUT2D eigenvalue weighted by Gasteiger charge is -2.24. The summed E-state index contributed by atoms with van der Waals surface area (Å²) in [5.74, 6) is 1.17. The molecule has 1 fully saturated rings. The van der Waals surface area contributed by atoms with E-state index in [0.717, 1.165) is 29.6 Å². The van der Waals surface area contributed by atoms with E-state index in [1.807, 2.05) is 51.1 Å². The van der Waals surface area contributed by atoms with Crippen LogP contribution in [0.5, 0.6) is 5.75 Å². The Hall–Kier alpha value is -2.30. The number of fused-ring (bicyclic) bond motifs is 1. The van der Waals surface area contributed by atoms with Gasteiger partial charge in [-0.3, -0.25) is 4.98 Å². The van der Waals surface area contributed by atoms with Gasteiger partial charge in [0, 0.05) is 30.6 Å². The lowest BCUT2D eigenvalue weighted by Crippen LogP contribution is -2.35. The van der Waals surface area contributed by atoms with Crippen molar-refractivity contribution in [1.82, 2.24) is 9.88 Å². The number of amides is 1. The number of hydrogen-bond donors (Lipinski definition) is 0. The number of ether oxygens (including phenoxy) is 2. The highest BCUT2D eigenvalue weighted by Crippen LogP contribution is 2.23. The standard InChI is InChI=1S/C19H24N2O3/c1-19(2,3)24-18(22)21-10-8-14(12-21)13-23-16-6-7-17-15(11-16)5-4-9-20-17/h4-7,9,11,14H,8,10,12-13H2,1-3H3/t14-/m1/s1. The van der Waals surface area contributed by atoms with Gasteiger partial charge in [-0.15, -0.1) is 0 Å². The predicted octanol–water partition coefficient (Wildman–Crippen LogP) is 3.87. The summed E-state index contributed by atoms with van der Waals surface area (Å²) in [5, 5.41) is 1.07. The molecular weight excluding hydrogens is 304 g/mol. The van der Waals surface area contributed by atoms with Crippen LogP contribution in [0.2, 0.25) is 0 Å². The van der Waals surface area contributed by atoms with E-state index in [9.17, 15) is 4.79 Å². The number of benzene rings is 1. The van der Waals surface area contributed by atoms with Crippen LogP contribution >= 0.6 is 0 Å². The van der Waals surface area contributed by atoms with Crippen LogP contribution in [-0.2, 0) is 4.74 Å². The first-order valence-electron chi connectivity index (χ1n) is 8.36. The zero-order chi connectivity index (χ0) is 17.2. The second kappa shape index (κ2) is 6.67. The number of aromatic nitrogens is 1. The highest BCUT2D eigenvalue weighted by atomic mass is 16.6. The number of hydrogen-bond acceptors (Lipinski definition) is 4. The molecule has 1 aliphatic rings. The number of nitrogens with zero attached hydrogens (tertiary/aromatic N) is 2. The Kier molecular flexibility index (Phi) is 4.60. The lowest BCUT2D eigenvalue weighted by molar-refractivity contribution is 0.0285. The molecule has 1 atom stereocenters. The third kappa shape index (κ3) is 4.16. The van der Waals surface area contributed by atoms with Crippen molar-refractivity contribution in [2.75, 3.05) is 19.7 Å². The molecule has 1 aliphatic heterocycles. The van der Waals surface area contributed by atoms with E-state index in [1.165, 1.54) is 0 Å². The minimum atomic E-state index is -0.454. The van der Waals surface area contributed by atoms with Gasteiger partial charge in [0.2, 0.25) is 0 Å². The number of carbonyl (C=O) groups is 1. The van der Waals surface area contributed by atoms with Gasteiger partial charge in [0.15, 0.2) is 0 Å². The Bertz CT molecular complexity index is 724. The highest BCUT2D eigenvalue weighted by molar-refractivity contribution is 5.79. The summed E-state index contributed by atoms with van der Waals surface area (Å²) in [7, 11) is 0. The maximum atomic E-state index is 12.1. The van der Waals surface area contributed by atoms with E-state index in [-0.39, 0.29) is 6.09 Å². The Labute approximate surface area is 142 Å². The third-order valence-electron chi connectivity index (χ3n) is 4.00. The molecule has 0 aliphatic carbocycles. The van der Waals surface area contributed by atoms with E-state index in [4.69, 9.17) is 9.47 Å². The van der Waals surface area contributed by atoms with Crippen molar-refractivity contribution in [3.8, 4) is 5.75 Å². The molecular formula is C19H24N2O3. The molecule has 1 saturated heterocycles. The van der Waals surface area contributed by atoms with Gasteiger partial charge in [-0.05, 0) is 51.5 Å². The van der Waals surface area contributed by atoms with Crippen molar-refractivity contribution in [2.24, 2.45) is 5.92 Å². The Morgan fingerprint density at radius 2 is 2.17 bits per heavy atom. The molecule has 1 aromatic carbocycles. The quantitative estimate of drug-likeness (QED) is 0.858. The van der Waals surface area contributed by atoms with E-state index in [0.29, 0.717) is 19.1 Å². The molecule has 128 valence electrons. The van der Waals surface area contributed by atoms with Crippen LogP contribution in [0.15, 0.2) is 36.5 Å². The van der Waals surface area contributed by atoms with Crippen molar-refractivity contribution < 1.29 is 14.3 Å². The van der Waals surface area contributed by atoms with Crippen LogP contribution in [0.4, 0.5) is 4.79 Å². The smallest absolute Gasteiger partial charge is 0.410 e. The fourth-order valence-electron chi connectivity index (χ4n) is 2.82. The molecule has 5 nitrogen and oxygen atoms in total. The SMILES string of the molecule is CC(C)(C)OC(=O)N1CC[C@@H](COc2ccc3ncccc3c2)C1. The molecule has 24 heavy (non-hydrogen) atoms. The summed E-state index contributed by atoms with van der Waals surface area (Å²) >= 11 is 0. The van der Waals surface area contributed by atoms with Gasteiger partial charge in [-0.1, -0.05) is 6.07 Å². The van der Waals surface area contributed by atoms with Gasteiger partial charge in [0.1, 0.15) is 11.4 Å². The monoisotopic (exact) mass is 328 g/mol. The molecule has 0 radical (unpaired) electrons. The van der Waals surface area contributed by atoms with Gasteiger partial charge in [-0.2, -0.15) is 0 Å². The normalized spacial score (nSPS) is 18.0. The molecule has 1 aromatic heterocycles. The van der Waals surface area contributed by atoms with Crippen LogP contribution in [0.1, 0.15) is 27.2 Å². The Morgan fingerprint density at radius 3 is 2.96 bits per heavy atom. The third-order valence-corrected chi connectivity index (χ3v) is 4.00. The van der Waals surface area contributed by atoms with Gasteiger partial charge < -0.3 is 14.4 Å². The van der Waals surface area contributed by atoms with Crippen molar-refractivity contribution in [3.05, 3.63) is 36.5 Å². The van der Waals surface area contributed by atoms with Gasteiger partial charge >= 0.3 is 6.09 Å². The summed E-state index contributed by atoms with van der Waals surface area (Å²) in [4.78, 5) is 18.2. The van der Waals surface area contributed by atoms with Gasteiger partial charge in [-0.25, -0.2) is 4.79 Å². The topological polar surface area (TPSA) is 51.7 Å². The van der Waals surface area contributed by atoms with Crippen LogP contribution in [0.3, 0.4) is 0 Å². The second-order valence-corrected chi connectivity index (χ2v) is 7.25. The Morgan fingerprint density at radius 1 is 1.33 bits per heavy atom. The molecule has 0 spiro atoms. The molecule has 0 N–H and O–H groups in total. The van der Waals surface area contributed by atoms with Crippen LogP contribution in [-0.4, -0.2) is 41.3 Å². The first-order valence-corrected chi connectivity index (χ1v) is 8.36. The van der Waals surface area contributed by atoms with E-state index in [1.54, 1.807) is 11.1 Å². The first kappa shape index (κ1) is 16.6. The summed E-state index contributed by atoms with van der Waals surface area (Å²) in [6.45, 7) is 7.67. The molecule has 1 amide bonds. The zero-order valence-electron chi connectivity index (χ0n) is 14.5. The molecule has 0 bridgehead atoms. The van der Waals surface area contributed by atoms with Gasteiger partial charge in [0.05, 0.1) is 12.1 Å². The minimum absolute atomic E-state index is 0.234. The molecule has 5 heteroatoms. The molecule has 0 saturated carbocycles. The van der Waals surface area contributed by atoms with Crippen molar-refractivity contribution in [1.29, 1.82) is 0 Å². The average molecular weight is 328 g/mol. The fourth-order valence-corrected chi connectivity index (χ4v) is 2.82. The lowest BCUT2D eigenvalue weighted by atomic mass is 10.1. The van der Waals surface area contributed by atoms with E-state index < -0.39 is 5.60 Å². The fraction of sp³-hybridized carbons (Fsp3) is 0.474. The number of carbonyl (C=O) groups excluding carboxylic acids is 1. The van der Waals surface area contributed by atoms with Crippen LogP contribution in [0, 0.1) is 5.92 Å². The minimum Gasteiger partial charge on any atom is -0.493 e. The summed E-state index contributed by atoms with van der Waals surface area (Å²) in [6.07, 6.45) is 2.49.